The van der Waals surface area contributed by atoms with Crippen molar-refractivity contribution in [2.24, 2.45) is 0 Å². The van der Waals surface area contributed by atoms with Crippen LogP contribution < -0.4 is 0 Å². The van der Waals surface area contributed by atoms with E-state index in [9.17, 15) is 4.79 Å². The monoisotopic (exact) mass is 260 g/mol. The second kappa shape index (κ2) is 6.15. The van der Waals surface area contributed by atoms with Crippen molar-refractivity contribution in [3.63, 3.8) is 0 Å². The zero-order chi connectivity index (χ0) is 13.7. The van der Waals surface area contributed by atoms with E-state index < -0.39 is 5.97 Å². The minimum atomic E-state index is -0.969. The third-order valence-electron chi connectivity index (χ3n) is 2.68. The summed E-state index contributed by atoms with van der Waals surface area (Å²) in [6.45, 7) is 3.15. The van der Waals surface area contributed by atoms with Crippen molar-refractivity contribution in [3.8, 4) is 0 Å². The number of rotatable bonds is 6. The van der Waals surface area contributed by atoms with E-state index >= 15 is 0 Å². The highest BCUT2D eigenvalue weighted by Crippen LogP contribution is 2.05. The Morgan fingerprint density at radius 2 is 2.11 bits per heavy atom. The first-order valence-electron chi connectivity index (χ1n) is 6.06. The van der Waals surface area contributed by atoms with Crippen LogP contribution >= 0.6 is 0 Å². The maximum Gasteiger partial charge on any atom is 0.354 e. The molecule has 0 amide bonds. The predicted octanol–water partition coefficient (Wildman–Crippen LogP) is 2.11. The Morgan fingerprint density at radius 3 is 2.79 bits per heavy atom. The molecule has 0 fully saturated rings. The van der Waals surface area contributed by atoms with E-state index in [2.05, 4.69) is 5.10 Å². The average molecular weight is 260 g/mol. The second-order valence-corrected chi connectivity index (χ2v) is 4.24. The van der Waals surface area contributed by atoms with Crippen LogP contribution in [-0.4, -0.2) is 27.5 Å². The SMILES string of the molecule is Cc1cc(C(=O)O)n(CCOCc2ccccc2)n1. The van der Waals surface area contributed by atoms with Gasteiger partial charge in [-0.1, -0.05) is 30.3 Å². The van der Waals surface area contributed by atoms with Crippen molar-refractivity contribution < 1.29 is 14.6 Å². The third-order valence-corrected chi connectivity index (χ3v) is 2.68. The van der Waals surface area contributed by atoms with Crippen LogP contribution in [-0.2, 0) is 17.9 Å². The van der Waals surface area contributed by atoms with Crippen LogP contribution in [0.1, 0.15) is 21.7 Å². The summed E-state index contributed by atoms with van der Waals surface area (Å²) in [5.41, 5.74) is 1.99. The largest absolute Gasteiger partial charge is 0.477 e. The normalized spacial score (nSPS) is 10.6. The van der Waals surface area contributed by atoms with Crippen molar-refractivity contribution in [3.05, 3.63) is 53.3 Å². The molecular formula is C14H16N2O3. The Morgan fingerprint density at radius 1 is 1.37 bits per heavy atom. The van der Waals surface area contributed by atoms with Crippen LogP contribution in [0, 0.1) is 6.92 Å². The first kappa shape index (κ1) is 13.3. The first-order chi connectivity index (χ1) is 9.16. The lowest BCUT2D eigenvalue weighted by Gasteiger charge is -2.06. The van der Waals surface area contributed by atoms with Gasteiger partial charge in [0.1, 0.15) is 5.69 Å². The van der Waals surface area contributed by atoms with Gasteiger partial charge >= 0.3 is 5.97 Å². The molecule has 0 aliphatic rings. The van der Waals surface area contributed by atoms with Crippen molar-refractivity contribution in [2.45, 2.75) is 20.1 Å². The fourth-order valence-corrected chi connectivity index (χ4v) is 1.80. The number of hydrogen-bond donors (Lipinski definition) is 1. The number of carboxylic acids is 1. The molecule has 1 heterocycles. The fraction of sp³-hybridized carbons (Fsp3) is 0.286. The number of ether oxygens (including phenoxy) is 1. The van der Waals surface area contributed by atoms with Crippen molar-refractivity contribution >= 4 is 5.97 Å². The van der Waals surface area contributed by atoms with Gasteiger partial charge in [-0.3, -0.25) is 4.68 Å². The van der Waals surface area contributed by atoms with E-state index in [0.717, 1.165) is 5.56 Å². The number of nitrogens with zero attached hydrogens (tertiary/aromatic N) is 2. The molecule has 0 atom stereocenters. The molecule has 0 bridgehead atoms. The second-order valence-electron chi connectivity index (χ2n) is 4.24. The molecule has 1 N–H and O–H groups in total. The quantitative estimate of drug-likeness (QED) is 0.808. The maximum absolute atomic E-state index is 11.0. The van der Waals surface area contributed by atoms with Gasteiger partial charge in [-0.2, -0.15) is 5.10 Å². The average Bonchev–Trinajstić information content (AvgIpc) is 2.77. The molecular weight excluding hydrogens is 244 g/mol. The third kappa shape index (κ3) is 3.66. The molecule has 0 saturated carbocycles. The van der Waals surface area contributed by atoms with E-state index in [4.69, 9.17) is 9.84 Å². The van der Waals surface area contributed by atoms with Crippen LogP contribution in [0.2, 0.25) is 0 Å². The summed E-state index contributed by atoms with van der Waals surface area (Å²) >= 11 is 0. The van der Waals surface area contributed by atoms with Crippen molar-refractivity contribution in [1.29, 1.82) is 0 Å². The molecule has 19 heavy (non-hydrogen) atoms. The summed E-state index contributed by atoms with van der Waals surface area (Å²) in [6, 6.07) is 11.4. The molecule has 2 rings (SSSR count). The summed E-state index contributed by atoms with van der Waals surface area (Å²) in [7, 11) is 0. The number of aryl methyl sites for hydroxylation is 1. The zero-order valence-electron chi connectivity index (χ0n) is 10.7. The molecule has 0 spiro atoms. The minimum Gasteiger partial charge on any atom is -0.477 e. The lowest BCUT2D eigenvalue weighted by atomic mass is 10.2. The first-order valence-corrected chi connectivity index (χ1v) is 6.06. The smallest absolute Gasteiger partial charge is 0.354 e. The molecule has 0 unspecified atom stereocenters. The Balaban J connectivity index is 1.84. The number of carbonyl (C=O) groups is 1. The fourth-order valence-electron chi connectivity index (χ4n) is 1.80. The molecule has 1 aromatic heterocycles. The number of aromatic nitrogens is 2. The van der Waals surface area contributed by atoms with Gasteiger partial charge in [-0.05, 0) is 18.6 Å². The van der Waals surface area contributed by atoms with Crippen LogP contribution in [0.5, 0.6) is 0 Å². The summed E-state index contributed by atoms with van der Waals surface area (Å²) < 4.78 is 6.97. The number of aromatic carboxylic acids is 1. The maximum atomic E-state index is 11.0. The predicted molar refractivity (Wildman–Crippen MR) is 70.0 cm³/mol. The molecule has 0 aliphatic carbocycles. The van der Waals surface area contributed by atoms with Crippen molar-refractivity contribution in [1.82, 2.24) is 9.78 Å². The van der Waals surface area contributed by atoms with E-state index in [1.54, 1.807) is 13.0 Å². The number of carboxylic acid groups (broad SMARTS) is 1. The Kier molecular flexibility index (Phi) is 4.30. The van der Waals surface area contributed by atoms with Gasteiger partial charge in [-0.15, -0.1) is 0 Å². The van der Waals surface area contributed by atoms with Crippen LogP contribution in [0.15, 0.2) is 36.4 Å². The summed E-state index contributed by atoms with van der Waals surface area (Å²) in [5.74, 6) is -0.969. The zero-order valence-corrected chi connectivity index (χ0v) is 10.7. The van der Waals surface area contributed by atoms with Gasteiger partial charge in [0.15, 0.2) is 0 Å². The minimum absolute atomic E-state index is 0.195. The molecule has 0 saturated heterocycles. The summed E-state index contributed by atoms with van der Waals surface area (Å²) in [6.07, 6.45) is 0. The topological polar surface area (TPSA) is 64.3 Å². The molecule has 1 aromatic carbocycles. The lowest BCUT2D eigenvalue weighted by Crippen LogP contribution is -2.13. The van der Waals surface area contributed by atoms with Gasteiger partial charge in [0.2, 0.25) is 0 Å². The van der Waals surface area contributed by atoms with Gasteiger partial charge in [0.05, 0.1) is 25.5 Å². The van der Waals surface area contributed by atoms with Crippen molar-refractivity contribution in [2.75, 3.05) is 6.61 Å². The van der Waals surface area contributed by atoms with Crippen LogP contribution in [0.3, 0.4) is 0 Å². The number of benzene rings is 1. The molecule has 100 valence electrons. The van der Waals surface area contributed by atoms with Gasteiger partial charge in [0, 0.05) is 0 Å². The summed E-state index contributed by atoms with van der Waals surface area (Å²) in [5, 5.41) is 13.1. The molecule has 0 aliphatic heterocycles. The lowest BCUT2D eigenvalue weighted by molar-refractivity contribution is 0.0674. The van der Waals surface area contributed by atoms with Crippen LogP contribution in [0.25, 0.3) is 0 Å². The Bertz CT molecular complexity index is 549. The molecule has 0 radical (unpaired) electrons. The van der Waals surface area contributed by atoms with Gasteiger partial charge < -0.3 is 9.84 Å². The van der Waals surface area contributed by atoms with E-state index in [1.807, 2.05) is 30.3 Å². The van der Waals surface area contributed by atoms with Gasteiger partial charge in [-0.25, -0.2) is 4.79 Å². The van der Waals surface area contributed by atoms with E-state index in [1.165, 1.54) is 4.68 Å². The highest BCUT2D eigenvalue weighted by atomic mass is 16.5. The standard InChI is InChI=1S/C14H16N2O3/c1-11-9-13(14(17)18)16(15-11)7-8-19-10-12-5-3-2-4-6-12/h2-6,9H,7-8,10H2,1H3,(H,17,18). The molecule has 2 aromatic rings. The highest BCUT2D eigenvalue weighted by molar-refractivity contribution is 5.85. The molecule has 5 heteroatoms. The van der Waals surface area contributed by atoms with E-state index in [0.29, 0.717) is 25.5 Å². The Labute approximate surface area is 111 Å². The Hall–Kier alpha value is -2.14. The molecule has 5 nitrogen and oxygen atoms in total. The highest BCUT2D eigenvalue weighted by Gasteiger charge is 2.11. The summed E-state index contributed by atoms with van der Waals surface area (Å²) in [4.78, 5) is 11.0. The van der Waals surface area contributed by atoms with Crippen LogP contribution in [0.4, 0.5) is 0 Å². The van der Waals surface area contributed by atoms with Gasteiger partial charge in [0.25, 0.3) is 0 Å². The van der Waals surface area contributed by atoms with E-state index in [-0.39, 0.29) is 5.69 Å². The number of hydrogen-bond acceptors (Lipinski definition) is 3.